The lowest BCUT2D eigenvalue weighted by Gasteiger charge is -2.24. The number of halogens is 2. The zero-order chi connectivity index (χ0) is 14.8. The summed E-state index contributed by atoms with van der Waals surface area (Å²) in [5.41, 5.74) is 0.859. The maximum Gasteiger partial charge on any atom is 0.234 e. The molecule has 0 heterocycles. The van der Waals surface area contributed by atoms with E-state index < -0.39 is 5.41 Å². The molecule has 0 saturated carbocycles. The normalized spacial score (nSPS) is 11.2. The van der Waals surface area contributed by atoms with Gasteiger partial charge in [0.1, 0.15) is 0 Å². The third kappa shape index (κ3) is 3.14. The van der Waals surface area contributed by atoms with E-state index in [1.807, 2.05) is 44.2 Å². The van der Waals surface area contributed by atoms with Crippen LogP contribution < -0.4 is 5.32 Å². The third-order valence-electron chi connectivity index (χ3n) is 3.24. The maximum atomic E-state index is 12.5. The van der Waals surface area contributed by atoms with Crippen LogP contribution in [0.3, 0.4) is 0 Å². The molecule has 2 aromatic rings. The van der Waals surface area contributed by atoms with Gasteiger partial charge in [-0.05, 0) is 37.6 Å². The van der Waals surface area contributed by atoms with Crippen molar-refractivity contribution in [1.82, 2.24) is 0 Å². The van der Waals surface area contributed by atoms with E-state index in [9.17, 15) is 4.79 Å². The molecule has 20 heavy (non-hydrogen) atoms. The molecule has 0 aliphatic heterocycles. The number of amides is 1. The Hall–Kier alpha value is -1.51. The van der Waals surface area contributed by atoms with Crippen LogP contribution in [-0.2, 0) is 10.2 Å². The van der Waals surface area contributed by atoms with Crippen molar-refractivity contribution < 1.29 is 4.79 Å². The highest BCUT2D eigenvalue weighted by Crippen LogP contribution is 2.29. The van der Waals surface area contributed by atoms with Crippen LogP contribution in [0.2, 0.25) is 10.0 Å². The second-order valence-electron chi connectivity index (χ2n) is 5.07. The van der Waals surface area contributed by atoms with Gasteiger partial charge in [-0.15, -0.1) is 0 Å². The van der Waals surface area contributed by atoms with Gasteiger partial charge in [-0.25, -0.2) is 0 Å². The van der Waals surface area contributed by atoms with Crippen molar-refractivity contribution in [3.63, 3.8) is 0 Å². The van der Waals surface area contributed by atoms with Crippen LogP contribution in [-0.4, -0.2) is 5.91 Å². The molecule has 0 radical (unpaired) electrons. The van der Waals surface area contributed by atoms with Crippen molar-refractivity contribution in [3.8, 4) is 0 Å². The first-order chi connectivity index (χ1) is 9.41. The summed E-state index contributed by atoms with van der Waals surface area (Å²) < 4.78 is 0. The Kier molecular flexibility index (Phi) is 4.36. The van der Waals surface area contributed by atoms with E-state index in [0.717, 1.165) is 5.56 Å². The standard InChI is InChI=1S/C16H15Cl2NO/c1-16(2,11-6-4-3-5-7-11)15(20)19-14-9-8-12(17)10-13(14)18/h3-10H,1-2H3,(H,19,20). The minimum Gasteiger partial charge on any atom is -0.324 e. The molecule has 0 fully saturated rings. The lowest BCUT2D eigenvalue weighted by Crippen LogP contribution is -2.34. The predicted octanol–water partition coefficient (Wildman–Crippen LogP) is 4.91. The van der Waals surface area contributed by atoms with Gasteiger partial charge >= 0.3 is 0 Å². The first kappa shape index (κ1) is 14.9. The molecular formula is C16H15Cl2NO. The van der Waals surface area contributed by atoms with Crippen molar-refractivity contribution in [1.29, 1.82) is 0 Å². The second-order valence-corrected chi connectivity index (χ2v) is 5.91. The van der Waals surface area contributed by atoms with Gasteiger partial charge in [0.05, 0.1) is 16.1 Å². The smallest absolute Gasteiger partial charge is 0.234 e. The number of carbonyl (C=O) groups is 1. The second kappa shape index (κ2) is 5.86. The molecule has 0 spiro atoms. The summed E-state index contributed by atoms with van der Waals surface area (Å²) in [7, 11) is 0. The Morgan fingerprint density at radius 3 is 2.30 bits per heavy atom. The summed E-state index contributed by atoms with van der Waals surface area (Å²) in [4.78, 5) is 12.5. The van der Waals surface area contributed by atoms with Gasteiger partial charge in [0.25, 0.3) is 0 Å². The number of carbonyl (C=O) groups excluding carboxylic acids is 1. The average molecular weight is 308 g/mol. The predicted molar refractivity (Wildman–Crippen MR) is 84.6 cm³/mol. The van der Waals surface area contributed by atoms with E-state index in [-0.39, 0.29) is 5.91 Å². The van der Waals surface area contributed by atoms with Gasteiger partial charge in [-0.1, -0.05) is 53.5 Å². The summed E-state index contributed by atoms with van der Waals surface area (Å²) in [5.74, 6) is -0.118. The lowest BCUT2D eigenvalue weighted by molar-refractivity contribution is -0.120. The zero-order valence-corrected chi connectivity index (χ0v) is 12.8. The molecule has 0 aromatic heterocycles. The fraction of sp³-hybridized carbons (Fsp3) is 0.188. The quantitative estimate of drug-likeness (QED) is 0.857. The Labute approximate surface area is 128 Å². The van der Waals surface area contributed by atoms with Crippen molar-refractivity contribution in [3.05, 3.63) is 64.1 Å². The number of hydrogen-bond donors (Lipinski definition) is 1. The van der Waals surface area contributed by atoms with Gasteiger partial charge in [0, 0.05) is 5.02 Å². The largest absolute Gasteiger partial charge is 0.324 e. The number of hydrogen-bond acceptors (Lipinski definition) is 1. The van der Waals surface area contributed by atoms with Crippen LogP contribution in [0.4, 0.5) is 5.69 Å². The molecule has 2 nitrogen and oxygen atoms in total. The Morgan fingerprint density at radius 1 is 1.05 bits per heavy atom. The molecule has 0 atom stereocenters. The van der Waals surface area contributed by atoms with Crippen LogP contribution in [0, 0.1) is 0 Å². The SMILES string of the molecule is CC(C)(C(=O)Nc1ccc(Cl)cc1Cl)c1ccccc1. The van der Waals surface area contributed by atoms with Crippen molar-refractivity contribution in [2.75, 3.05) is 5.32 Å². The van der Waals surface area contributed by atoms with Crippen molar-refractivity contribution in [2.24, 2.45) is 0 Å². The van der Waals surface area contributed by atoms with Gasteiger partial charge in [0.15, 0.2) is 0 Å². The number of anilines is 1. The minimum absolute atomic E-state index is 0.118. The van der Waals surface area contributed by atoms with E-state index in [0.29, 0.717) is 15.7 Å². The van der Waals surface area contributed by atoms with Crippen LogP contribution in [0.15, 0.2) is 48.5 Å². The van der Waals surface area contributed by atoms with Crippen LogP contribution in [0.5, 0.6) is 0 Å². The highest BCUT2D eigenvalue weighted by atomic mass is 35.5. The zero-order valence-electron chi connectivity index (χ0n) is 11.3. The molecular weight excluding hydrogens is 293 g/mol. The highest BCUT2D eigenvalue weighted by molar-refractivity contribution is 6.36. The summed E-state index contributed by atoms with van der Waals surface area (Å²) in [6, 6.07) is 14.6. The Balaban J connectivity index is 2.23. The molecule has 104 valence electrons. The topological polar surface area (TPSA) is 29.1 Å². The van der Waals surface area contributed by atoms with Crippen LogP contribution >= 0.6 is 23.2 Å². The van der Waals surface area contributed by atoms with Gasteiger partial charge in [0.2, 0.25) is 5.91 Å². The maximum absolute atomic E-state index is 12.5. The summed E-state index contributed by atoms with van der Waals surface area (Å²) in [6.45, 7) is 3.75. The third-order valence-corrected chi connectivity index (χ3v) is 3.79. The first-order valence-electron chi connectivity index (χ1n) is 6.23. The summed E-state index contributed by atoms with van der Waals surface area (Å²) >= 11 is 11.9. The highest BCUT2D eigenvalue weighted by Gasteiger charge is 2.29. The Morgan fingerprint density at radius 2 is 1.70 bits per heavy atom. The molecule has 0 saturated heterocycles. The van der Waals surface area contributed by atoms with E-state index in [4.69, 9.17) is 23.2 Å². The summed E-state index contributed by atoms with van der Waals surface area (Å²) in [6.07, 6.45) is 0. The molecule has 4 heteroatoms. The lowest BCUT2D eigenvalue weighted by atomic mass is 9.83. The molecule has 2 aromatic carbocycles. The van der Waals surface area contributed by atoms with Gasteiger partial charge < -0.3 is 5.32 Å². The van der Waals surface area contributed by atoms with Gasteiger partial charge in [-0.3, -0.25) is 4.79 Å². The number of benzene rings is 2. The fourth-order valence-electron chi connectivity index (χ4n) is 1.86. The van der Waals surface area contributed by atoms with Crippen molar-refractivity contribution >= 4 is 34.8 Å². The number of rotatable bonds is 3. The molecule has 1 amide bonds. The van der Waals surface area contributed by atoms with E-state index in [1.54, 1.807) is 18.2 Å². The molecule has 2 rings (SSSR count). The first-order valence-corrected chi connectivity index (χ1v) is 6.99. The van der Waals surface area contributed by atoms with Crippen LogP contribution in [0.1, 0.15) is 19.4 Å². The Bertz CT molecular complexity index is 624. The molecule has 0 unspecified atom stereocenters. The van der Waals surface area contributed by atoms with Gasteiger partial charge in [-0.2, -0.15) is 0 Å². The van der Waals surface area contributed by atoms with E-state index >= 15 is 0 Å². The molecule has 0 aliphatic carbocycles. The summed E-state index contributed by atoms with van der Waals surface area (Å²) in [5, 5.41) is 3.81. The van der Waals surface area contributed by atoms with Crippen LogP contribution in [0.25, 0.3) is 0 Å². The molecule has 0 aliphatic rings. The monoisotopic (exact) mass is 307 g/mol. The van der Waals surface area contributed by atoms with E-state index in [1.165, 1.54) is 0 Å². The van der Waals surface area contributed by atoms with Crippen molar-refractivity contribution in [2.45, 2.75) is 19.3 Å². The van der Waals surface area contributed by atoms with E-state index in [2.05, 4.69) is 5.32 Å². The molecule has 0 bridgehead atoms. The minimum atomic E-state index is -0.649. The average Bonchev–Trinajstić information content (AvgIpc) is 2.42. The number of nitrogens with one attached hydrogen (secondary N) is 1. The molecule has 1 N–H and O–H groups in total. The fourth-order valence-corrected chi connectivity index (χ4v) is 2.31.